The molecule has 0 atom stereocenters. The standard InChI is InChI=1S/C26H25F4N3O2S/c1-34-25-14-18(36-2)8-9-23(25)31-11-4-5-17-13-19-21(32-22-10-12-35-15-20(22)27)6-3-7-24(19)33(17)16-26(28,29)30/h3,6-9,13-14,31-32H,10-12,15-16H2,1-2H3. The van der Waals surface area contributed by atoms with Crippen molar-refractivity contribution in [2.75, 3.05) is 43.8 Å². The lowest BCUT2D eigenvalue weighted by molar-refractivity contribution is -0.140. The summed E-state index contributed by atoms with van der Waals surface area (Å²) in [4.78, 5) is 1.04. The zero-order valence-corrected chi connectivity index (χ0v) is 20.6. The van der Waals surface area contributed by atoms with Crippen molar-refractivity contribution >= 4 is 34.0 Å². The number of nitrogens with zero attached hydrogens (tertiary/aromatic N) is 1. The summed E-state index contributed by atoms with van der Waals surface area (Å²) in [7, 11) is 1.57. The average Bonchev–Trinajstić information content (AvgIpc) is 3.20. The number of rotatable bonds is 7. The normalized spacial score (nSPS) is 13.9. The zero-order chi connectivity index (χ0) is 25.7. The van der Waals surface area contributed by atoms with Crippen LogP contribution in [0.1, 0.15) is 12.1 Å². The molecule has 2 heterocycles. The molecule has 2 aromatic carbocycles. The van der Waals surface area contributed by atoms with Gasteiger partial charge in [-0.15, -0.1) is 11.8 Å². The van der Waals surface area contributed by atoms with Crippen molar-refractivity contribution in [3.63, 3.8) is 0 Å². The lowest BCUT2D eigenvalue weighted by atomic mass is 10.2. The molecule has 5 nitrogen and oxygen atoms in total. The van der Waals surface area contributed by atoms with E-state index < -0.39 is 18.5 Å². The molecule has 1 aliphatic rings. The van der Waals surface area contributed by atoms with Crippen LogP contribution >= 0.6 is 11.8 Å². The van der Waals surface area contributed by atoms with Gasteiger partial charge in [0.1, 0.15) is 24.7 Å². The van der Waals surface area contributed by atoms with Crippen LogP contribution in [-0.4, -0.2) is 43.9 Å². The first-order chi connectivity index (χ1) is 17.3. The Morgan fingerprint density at radius 3 is 2.72 bits per heavy atom. The molecule has 0 unspecified atom stereocenters. The predicted molar refractivity (Wildman–Crippen MR) is 135 cm³/mol. The Morgan fingerprint density at radius 2 is 2.00 bits per heavy atom. The van der Waals surface area contributed by atoms with Gasteiger partial charge in [0.25, 0.3) is 0 Å². The first kappa shape index (κ1) is 25.8. The fourth-order valence-corrected chi connectivity index (χ4v) is 4.35. The van der Waals surface area contributed by atoms with E-state index in [1.54, 1.807) is 43.1 Å². The Labute approximate surface area is 210 Å². The van der Waals surface area contributed by atoms with E-state index in [-0.39, 0.29) is 18.8 Å². The molecule has 0 spiro atoms. The number of ether oxygens (including phenoxy) is 2. The smallest absolute Gasteiger partial charge is 0.406 e. The first-order valence-electron chi connectivity index (χ1n) is 11.1. The van der Waals surface area contributed by atoms with Gasteiger partial charge in [-0.2, -0.15) is 13.2 Å². The Hall–Kier alpha value is -3.29. The average molecular weight is 520 g/mol. The van der Waals surface area contributed by atoms with Crippen molar-refractivity contribution in [2.24, 2.45) is 0 Å². The molecule has 0 bridgehead atoms. The Balaban J connectivity index is 1.63. The highest BCUT2D eigenvalue weighted by molar-refractivity contribution is 7.98. The molecule has 1 aromatic heterocycles. The van der Waals surface area contributed by atoms with E-state index >= 15 is 0 Å². The highest BCUT2D eigenvalue weighted by Crippen LogP contribution is 2.32. The number of alkyl halides is 3. The second kappa shape index (κ2) is 11.2. The van der Waals surface area contributed by atoms with Gasteiger partial charge in [-0.1, -0.05) is 12.0 Å². The summed E-state index contributed by atoms with van der Waals surface area (Å²) in [5.41, 5.74) is 2.19. The van der Waals surface area contributed by atoms with Gasteiger partial charge in [-0.3, -0.25) is 0 Å². The molecule has 0 aliphatic carbocycles. The van der Waals surface area contributed by atoms with Gasteiger partial charge in [0.15, 0.2) is 0 Å². The van der Waals surface area contributed by atoms with Crippen LogP contribution in [0.3, 0.4) is 0 Å². The summed E-state index contributed by atoms with van der Waals surface area (Å²) in [5.74, 6) is 6.01. The lowest BCUT2D eigenvalue weighted by Gasteiger charge is -2.18. The molecule has 10 heteroatoms. The van der Waals surface area contributed by atoms with E-state index in [0.717, 1.165) is 15.1 Å². The van der Waals surface area contributed by atoms with Crippen molar-refractivity contribution in [3.05, 3.63) is 59.7 Å². The van der Waals surface area contributed by atoms with Gasteiger partial charge in [-0.05, 0) is 48.6 Å². The number of halogens is 4. The lowest BCUT2D eigenvalue weighted by Crippen LogP contribution is -2.18. The molecule has 4 rings (SSSR count). The van der Waals surface area contributed by atoms with Gasteiger partial charge < -0.3 is 24.7 Å². The quantitative estimate of drug-likeness (QED) is 0.215. The Kier molecular flexibility index (Phi) is 8.01. The molecular formula is C26H25F4N3O2S. The minimum absolute atomic E-state index is 0.123. The van der Waals surface area contributed by atoms with Crippen LogP contribution < -0.4 is 15.4 Å². The molecule has 1 aliphatic heterocycles. The van der Waals surface area contributed by atoms with E-state index in [0.29, 0.717) is 41.1 Å². The fourth-order valence-electron chi connectivity index (χ4n) is 3.92. The van der Waals surface area contributed by atoms with E-state index in [1.165, 1.54) is 0 Å². The number of thioether (sulfide) groups is 1. The summed E-state index contributed by atoms with van der Waals surface area (Å²) in [6, 6.07) is 12.2. The van der Waals surface area contributed by atoms with Gasteiger partial charge in [0.05, 0.1) is 42.9 Å². The minimum atomic E-state index is -4.44. The second-order valence-corrected chi connectivity index (χ2v) is 8.88. The van der Waals surface area contributed by atoms with Crippen LogP contribution in [0.15, 0.2) is 58.9 Å². The number of hydrogen-bond acceptors (Lipinski definition) is 5. The minimum Gasteiger partial charge on any atom is -0.495 e. The van der Waals surface area contributed by atoms with E-state index in [1.807, 2.05) is 24.5 Å². The number of hydrogen-bond donors (Lipinski definition) is 2. The van der Waals surface area contributed by atoms with Crippen molar-refractivity contribution in [3.8, 4) is 17.6 Å². The predicted octanol–water partition coefficient (Wildman–Crippen LogP) is 6.41. The maximum Gasteiger partial charge on any atom is 0.406 e. The molecule has 0 saturated heterocycles. The van der Waals surface area contributed by atoms with Crippen LogP contribution in [-0.2, 0) is 11.3 Å². The third-order valence-electron chi connectivity index (χ3n) is 5.61. The summed E-state index contributed by atoms with van der Waals surface area (Å²) >= 11 is 1.59. The van der Waals surface area contributed by atoms with E-state index in [2.05, 4.69) is 22.5 Å². The van der Waals surface area contributed by atoms with Crippen LogP contribution in [0, 0.1) is 11.8 Å². The number of aromatic nitrogens is 1. The molecular weight excluding hydrogens is 494 g/mol. The molecule has 0 amide bonds. The van der Waals surface area contributed by atoms with Crippen molar-refractivity contribution < 1.29 is 27.0 Å². The summed E-state index contributed by atoms with van der Waals surface area (Å²) in [5, 5.41) is 6.72. The molecule has 2 N–H and O–H groups in total. The fraction of sp³-hybridized carbons (Fsp3) is 0.308. The maximum atomic E-state index is 14.2. The third kappa shape index (κ3) is 6.09. The highest BCUT2D eigenvalue weighted by Gasteiger charge is 2.30. The largest absolute Gasteiger partial charge is 0.495 e. The van der Waals surface area contributed by atoms with Crippen molar-refractivity contribution in [2.45, 2.75) is 24.0 Å². The number of fused-ring (bicyclic) bond motifs is 1. The zero-order valence-electron chi connectivity index (χ0n) is 19.8. The van der Waals surface area contributed by atoms with Crippen LogP contribution in [0.4, 0.5) is 28.9 Å². The van der Waals surface area contributed by atoms with Gasteiger partial charge >= 0.3 is 6.18 Å². The molecule has 190 valence electrons. The molecule has 0 saturated carbocycles. The molecule has 0 radical (unpaired) electrons. The maximum absolute atomic E-state index is 14.2. The van der Waals surface area contributed by atoms with Crippen molar-refractivity contribution in [1.29, 1.82) is 0 Å². The van der Waals surface area contributed by atoms with Crippen LogP contribution in [0.5, 0.6) is 5.75 Å². The summed E-state index contributed by atoms with van der Waals surface area (Å²) in [6.07, 6.45) is -2.12. The van der Waals surface area contributed by atoms with Gasteiger partial charge in [0.2, 0.25) is 0 Å². The second-order valence-electron chi connectivity index (χ2n) is 8.00. The summed E-state index contributed by atoms with van der Waals surface area (Å²) < 4.78 is 66.1. The molecule has 0 fully saturated rings. The van der Waals surface area contributed by atoms with Crippen LogP contribution in [0.25, 0.3) is 10.9 Å². The Bertz CT molecular complexity index is 1340. The topological polar surface area (TPSA) is 47.4 Å². The SMILES string of the molecule is COc1cc(SC)ccc1NCC#Cc1cc2c(NC3=C(F)COCC3)cccc2n1CC(F)(F)F. The van der Waals surface area contributed by atoms with Gasteiger partial charge in [0, 0.05) is 22.4 Å². The number of nitrogens with one attached hydrogen (secondary N) is 2. The molecule has 36 heavy (non-hydrogen) atoms. The highest BCUT2D eigenvalue weighted by atomic mass is 32.2. The third-order valence-corrected chi connectivity index (χ3v) is 6.34. The monoisotopic (exact) mass is 519 g/mol. The number of anilines is 2. The van der Waals surface area contributed by atoms with Crippen LogP contribution in [0.2, 0.25) is 0 Å². The number of benzene rings is 2. The Morgan fingerprint density at radius 1 is 1.17 bits per heavy atom. The van der Waals surface area contributed by atoms with E-state index in [9.17, 15) is 17.6 Å². The summed E-state index contributed by atoms with van der Waals surface area (Å²) in [6.45, 7) is -0.741. The first-order valence-corrected chi connectivity index (χ1v) is 12.4. The van der Waals surface area contributed by atoms with E-state index in [4.69, 9.17) is 9.47 Å². The van der Waals surface area contributed by atoms with Gasteiger partial charge in [-0.25, -0.2) is 4.39 Å². The number of methoxy groups -OCH3 is 1. The van der Waals surface area contributed by atoms with Crippen molar-refractivity contribution in [1.82, 2.24) is 4.57 Å². The molecule has 3 aromatic rings.